The van der Waals surface area contributed by atoms with Gasteiger partial charge in [-0.1, -0.05) is 0 Å². The fourth-order valence-corrected chi connectivity index (χ4v) is 2.58. The summed E-state index contributed by atoms with van der Waals surface area (Å²) in [7, 11) is 0. The van der Waals surface area contributed by atoms with E-state index in [2.05, 4.69) is 25.2 Å². The van der Waals surface area contributed by atoms with Crippen molar-refractivity contribution in [1.29, 1.82) is 0 Å². The zero-order valence-electron chi connectivity index (χ0n) is 13.6. The summed E-state index contributed by atoms with van der Waals surface area (Å²) in [6.07, 6.45) is 3.78. The molecule has 0 saturated carbocycles. The van der Waals surface area contributed by atoms with E-state index in [1.807, 2.05) is 32.9 Å². The van der Waals surface area contributed by atoms with Crippen molar-refractivity contribution in [1.82, 2.24) is 20.3 Å². The van der Waals surface area contributed by atoms with E-state index in [0.29, 0.717) is 12.2 Å². The Hall–Kier alpha value is -2.44. The first kappa shape index (κ1) is 15.5. The summed E-state index contributed by atoms with van der Waals surface area (Å²) in [5.74, 6) is 0.853. The molecule has 0 aliphatic carbocycles. The van der Waals surface area contributed by atoms with Crippen LogP contribution in [-0.4, -0.2) is 45.8 Å². The molecule has 0 aromatic carbocycles. The lowest BCUT2D eigenvalue weighted by Crippen LogP contribution is -2.40. The number of aromatic nitrogens is 3. The monoisotopic (exact) mass is 315 g/mol. The first-order chi connectivity index (χ1) is 10.9. The van der Waals surface area contributed by atoms with Gasteiger partial charge in [0.2, 0.25) is 0 Å². The van der Waals surface area contributed by atoms with Gasteiger partial charge in [0.15, 0.2) is 5.65 Å². The number of pyridine rings is 1. The normalized spacial score (nSPS) is 18.2. The minimum atomic E-state index is -0.485. The molecule has 0 spiro atoms. The molecule has 1 N–H and O–H groups in total. The third-order valence-corrected chi connectivity index (χ3v) is 3.55. The van der Waals surface area contributed by atoms with Crippen molar-refractivity contribution in [2.24, 2.45) is 0 Å². The third-order valence-electron chi connectivity index (χ3n) is 3.55. The molecule has 1 atom stereocenters. The largest absolute Gasteiger partial charge is 0.444 e. The Morgan fingerprint density at radius 2 is 2.09 bits per heavy atom. The van der Waals surface area contributed by atoms with Gasteiger partial charge in [0.1, 0.15) is 16.9 Å². The second-order valence-corrected chi connectivity index (χ2v) is 6.65. The zero-order chi connectivity index (χ0) is 16.4. The van der Waals surface area contributed by atoms with Crippen molar-refractivity contribution in [3.05, 3.63) is 24.5 Å². The predicted octanol–water partition coefficient (Wildman–Crippen LogP) is 2.13. The molecule has 122 valence electrons. The minimum absolute atomic E-state index is 0.0594. The first-order valence-electron chi connectivity index (χ1n) is 7.73. The number of carbonyl (C=O) groups excluding carboxylic acids is 1. The van der Waals surface area contributed by atoms with Gasteiger partial charge in [-0.05, 0) is 39.3 Å². The summed E-state index contributed by atoms with van der Waals surface area (Å²) >= 11 is 0. The summed E-state index contributed by atoms with van der Waals surface area (Å²) in [5, 5.41) is 2.91. The van der Waals surface area contributed by atoms with Crippen molar-refractivity contribution in [2.45, 2.75) is 38.8 Å². The van der Waals surface area contributed by atoms with Crippen molar-refractivity contribution in [3.63, 3.8) is 0 Å². The number of carbonyl (C=O) groups is 1. The number of fused-ring (bicyclic) bond motifs is 1. The van der Waals surface area contributed by atoms with E-state index in [-0.39, 0.29) is 12.1 Å². The van der Waals surface area contributed by atoms with Gasteiger partial charge in [0.05, 0.1) is 6.04 Å². The van der Waals surface area contributed by atoms with Crippen LogP contribution in [0.3, 0.4) is 0 Å². The topological polar surface area (TPSA) is 80.2 Å². The Bertz CT molecular complexity index is 713. The molecule has 1 aliphatic rings. The van der Waals surface area contributed by atoms with Crippen LogP contribution in [0.25, 0.3) is 11.2 Å². The fraction of sp³-hybridized carbons (Fsp3) is 0.500. The van der Waals surface area contributed by atoms with Gasteiger partial charge in [0.25, 0.3) is 0 Å². The number of anilines is 1. The number of nitrogens with one attached hydrogen (secondary N) is 1. The maximum atomic E-state index is 11.8. The second-order valence-electron chi connectivity index (χ2n) is 6.65. The summed E-state index contributed by atoms with van der Waals surface area (Å²) in [4.78, 5) is 27.0. The molecule has 3 heterocycles. The molecular weight excluding hydrogens is 294 g/mol. The highest BCUT2D eigenvalue weighted by atomic mass is 16.6. The Morgan fingerprint density at radius 3 is 2.87 bits per heavy atom. The molecule has 2 aromatic heterocycles. The van der Waals surface area contributed by atoms with E-state index in [1.54, 1.807) is 12.4 Å². The molecule has 1 saturated heterocycles. The Labute approximate surface area is 135 Å². The van der Waals surface area contributed by atoms with Gasteiger partial charge in [-0.3, -0.25) is 4.98 Å². The Balaban J connectivity index is 1.63. The van der Waals surface area contributed by atoms with Crippen LogP contribution in [0.15, 0.2) is 24.5 Å². The Kier molecular flexibility index (Phi) is 4.02. The molecule has 2 aromatic rings. The van der Waals surface area contributed by atoms with Gasteiger partial charge < -0.3 is 15.0 Å². The number of amides is 1. The second kappa shape index (κ2) is 5.98. The summed E-state index contributed by atoms with van der Waals surface area (Å²) in [6, 6.07) is 3.91. The quantitative estimate of drug-likeness (QED) is 0.914. The van der Waals surface area contributed by atoms with Gasteiger partial charge in [-0.2, -0.15) is 0 Å². The lowest BCUT2D eigenvalue weighted by atomic mass is 10.2. The van der Waals surface area contributed by atoms with Crippen LogP contribution in [0, 0.1) is 0 Å². The number of rotatable bonds is 2. The van der Waals surface area contributed by atoms with Crippen LogP contribution < -0.4 is 10.2 Å². The van der Waals surface area contributed by atoms with E-state index in [9.17, 15) is 4.79 Å². The average molecular weight is 315 g/mol. The molecule has 0 bridgehead atoms. The van der Waals surface area contributed by atoms with Crippen LogP contribution in [0.1, 0.15) is 27.2 Å². The summed E-state index contributed by atoms with van der Waals surface area (Å²) < 4.78 is 5.30. The highest BCUT2D eigenvalue weighted by molar-refractivity contribution is 5.72. The maximum absolute atomic E-state index is 11.8. The Morgan fingerprint density at radius 1 is 1.30 bits per heavy atom. The van der Waals surface area contributed by atoms with Crippen LogP contribution in [0.5, 0.6) is 0 Å². The van der Waals surface area contributed by atoms with Crippen molar-refractivity contribution < 1.29 is 9.53 Å². The van der Waals surface area contributed by atoms with Gasteiger partial charge in [0, 0.05) is 25.5 Å². The van der Waals surface area contributed by atoms with Gasteiger partial charge in [-0.15, -0.1) is 0 Å². The standard InChI is InChI=1S/C16H21N5O2/c1-16(2,3)23-15(22)19-11-6-9-21(10-11)13-5-4-12-14(20-13)18-8-7-17-12/h4-5,7-8,11H,6,9-10H2,1-3H3,(H,19,22). The SMILES string of the molecule is CC(C)(C)OC(=O)NC1CCN(c2ccc3nccnc3n2)C1. The predicted molar refractivity (Wildman–Crippen MR) is 87.3 cm³/mol. The van der Waals surface area contributed by atoms with Crippen LogP contribution in [-0.2, 0) is 4.74 Å². The van der Waals surface area contributed by atoms with E-state index in [0.717, 1.165) is 24.3 Å². The van der Waals surface area contributed by atoms with Crippen molar-refractivity contribution in [2.75, 3.05) is 18.0 Å². The zero-order valence-corrected chi connectivity index (χ0v) is 13.6. The number of ether oxygens (including phenoxy) is 1. The van der Waals surface area contributed by atoms with Crippen molar-refractivity contribution in [3.8, 4) is 0 Å². The van der Waals surface area contributed by atoms with Crippen LogP contribution >= 0.6 is 0 Å². The smallest absolute Gasteiger partial charge is 0.407 e. The number of hydrogen-bond acceptors (Lipinski definition) is 6. The molecular formula is C16H21N5O2. The van der Waals surface area contributed by atoms with Crippen LogP contribution in [0.4, 0.5) is 10.6 Å². The van der Waals surface area contributed by atoms with E-state index >= 15 is 0 Å². The van der Waals surface area contributed by atoms with E-state index < -0.39 is 5.60 Å². The maximum Gasteiger partial charge on any atom is 0.407 e. The highest BCUT2D eigenvalue weighted by Gasteiger charge is 2.27. The third kappa shape index (κ3) is 3.85. The summed E-state index contributed by atoms with van der Waals surface area (Å²) in [6.45, 7) is 7.10. The van der Waals surface area contributed by atoms with E-state index in [1.165, 1.54) is 0 Å². The molecule has 7 nitrogen and oxygen atoms in total. The fourth-order valence-electron chi connectivity index (χ4n) is 2.58. The van der Waals surface area contributed by atoms with E-state index in [4.69, 9.17) is 4.74 Å². The molecule has 1 fully saturated rings. The van der Waals surface area contributed by atoms with Gasteiger partial charge >= 0.3 is 6.09 Å². The van der Waals surface area contributed by atoms with Crippen LogP contribution in [0.2, 0.25) is 0 Å². The van der Waals surface area contributed by atoms with Gasteiger partial charge in [-0.25, -0.2) is 14.8 Å². The highest BCUT2D eigenvalue weighted by Crippen LogP contribution is 2.20. The molecule has 1 unspecified atom stereocenters. The molecule has 1 aliphatic heterocycles. The molecule has 3 rings (SSSR count). The van der Waals surface area contributed by atoms with Crippen molar-refractivity contribution >= 4 is 23.1 Å². The average Bonchev–Trinajstić information content (AvgIpc) is 2.93. The number of alkyl carbamates (subject to hydrolysis) is 1. The molecule has 23 heavy (non-hydrogen) atoms. The number of nitrogens with zero attached hydrogens (tertiary/aromatic N) is 4. The first-order valence-corrected chi connectivity index (χ1v) is 7.73. The summed E-state index contributed by atoms with van der Waals surface area (Å²) in [5.41, 5.74) is 0.924. The lowest BCUT2D eigenvalue weighted by molar-refractivity contribution is 0.0509. The molecule has 7 heteroatoms. The lowest BCUT2D eigenvalue weighted by Gasteiger charge is -2.22. The molecule has 0 radical (unpaired) electrons. The minimum Gasteiger partial charge on any atom is -0.444 e. The number of hydrogen-bond donors (Lipinski definition) is 1. The molecule has 1 amide bonds.